The van der Waals surface area contributed by atoms with Crippen LogP contribution in [0.15, 0.2) is 6.33 Å². The van der Waals surface area contributed by atoms with E-state index in [0.29, 0.717) is 25.0 Å². The highest BCUT2D eigenvalue weighted by Crippen LogP contribution is 2.15. The fourth-order valence-corrected chi connectivity index (χ4v) is 2.11. The maximum atomic E-state index is 12.1. The fraction of sp³-hybridized carbons (Fsp3) is 0.750. The van der Waals surface area contributed by atoms with E-state index in [9.17, 15) is 4.79 Å². The summed E-state index contributed by atoms with van der Waals surface area (Å²) in [4.78, 5) is 16.3. The van der Waals surface area contributed by atoms with Crippen molar-refractivity contribution >= 4 is 5.78 Å². The summed E-state index contributed by atoms with van der Waals surface area (Å²) in [5, 5.41) is 4.15. The minimum Gasteiger partial charge on any atom is -0.379 e. The van der Waals surface area contributed by atoms with Crippen molar-refractivity contribution in [2.75, 3.05) is 13.2 Å². The molecule has 100 valence electrons. The van der Waals surface area contributed by atoms with Gasteiger partial charge >= 0.3 is 0 Å². The van der Waals surface area contributed by atoms with E-state index in [-0.39, 0.29) is 24.2 Å². The van der Waals surface area contributed by atoms with Crippen molar-refractivity contribution in [3.05, 3.63) is 12.2 Å². The van der Waals surface area contributed by atoms with Crippen LogP contribution in [0, 0.1) is 11.8 Å². The van der Waals surface area contributed by atoms with Gasteiger partial charge in [-0.05, 0) is 5.92 Å². The minimum atomic E-state index is -0.200. The van der Waals surface area contributed by atoms with Crippen LogP contribution in [0.4, 0.5) is 0 Å². The molecule has 0 radical (unpaired) electrons. The van der Waals surface area contributed by atoms with Crippen molar-refractivity contribution in [1.29, 1.82) is 0 Å². The van der Waals surface area contributed by atoms with Crippen LogP contribution in [0.25, 0.3) is 0 Å². The fourth-order valence-electron chi connectivity index (χ4n) is 2.11. The van der Waals surface area contributed by atoms with Crippen molar-refractivity contribution < 1.29 is 9.53 Å². The summed E-state index contributed by atoms with van der Waals surface area (Å²) in [7, 11) is 0. The Balaban J connectivity index is 2.00. The molecule has 1 aromatic heterocycles. The standard InChI is InChI=1S/C12H20N4O2/c1-8(2)4-16-12(14-7-15-16)3-11(17)9-5-18-6-10(9)13/h7-10H,3-6,13H2,1-2H3. The number of hydrogen-bond acceptors (Lipinski definition) is 5. The second-order valence-electron chi connectivity index (χ2n) is 5.20. The average molecular weight is 252 g/mol. The van der Waals surface area contributed by atoms with Crippen molar-refractivity contribution in [3.63, 3.8) is 0 Å². The Morgan fingerprint density at radius 2 is 2.39 bits per heavy atom. The Morgan fingerprint density at radius 1 is 1.61 bits per heavy atom. The van der Waals surface area contributed by atoms with Gasteiger partial charge in [-0.2, -0.15) is 5.10 Å². The van der Waals surface area contributed by atoms with Crippen LogP contribution in [0.2, 0.25) is 0 Å². The predicted molar refractivity (Wildman–Crippen MR) is 65.9 cm³/mol. The quantitative estimate of drug-likeness (QED) is 0.798. The summed E-state index contributed by atoms with van der Waals surface area (Å²) >= 11 is 0. The van der Waals surface area contributed by atoms with Crippen LogP contribution in [0.1, 0.15) is 19.7 Å². The number of nitrogens with two attached hydrogens (primary N) is 1. The molecule has 0 aromatic carbocycles. The summed E-state index contributed by atoms with van der Waals surface area (Å²) in [5.41, 5.74) is 5.84. The van der Waals surface area contributed by atoms with Crippen LogP contribution in [0.5, 0.6) is 0 Å². The van der Waals surface area contributed by atoms with E-state index in [0.717, 1.165) is 6.54 Å². The van der Waals surface area contributed by atoms with Gasteiger partial charge in [-0.1, -0.05) is 13.8 Å². The smallest absolute Gasteiger partial charge is 0.147 e. The van der Waals surface area contributed by atoms with Gasteiger partial charge in [0, 0.05) is 12.6 Å². The lowest BCUT2D eigenvalue weighted by molar-refractivity contribution is -0.122. The third kappa shape index (κ3) is 2.94. The molecule has 0 saturated carbocycles. The number of carbonyl (C=O) groups excluding carboxylic acids is 1. The Hall–Kier alpha value is -1.27. The molecule has 1 aliphatic heterocycles. The van der Waals surface area contributed by atoms with Crippen molar-refractivity contribution in [2.24, 2.45) is 17.6 Å². The summed E-state index contributed by atoms with van der Waals surface area (Å²) in [6.45, 7) is 5.88. The molecule has 1 aliphatic rings. The molecule has 0 spiro atoms. The largest absolute Gasteiger partial charge is 0.379 e. The molecule has 1 fully saturated rings. The molecular weight excluding hydrogens is 232 g/mol. The molecule has 1 aromatic rings. The van der Waals surface area contributed by atoms with E-state index in [1.54, 1.807) is 4.68 Å². The highest BCUT2D eigenvalue weighted by atomic mass is 16.5. The van der Waals surface area contributed by atoms with Gasteiger partial charge in [0.15, 0.2) is 0 Å². The van der Waals surface area contributed by atoms with Gasteiger partial charge in [-0.25, -0.2) is 9.67 Å². The molecule has 1 saturated heterocycles. The number of ether oxygens (including phenoxy) is 1. The Kier molecular flexibility index (Phi) is 4.08. The third-order valence-corrected chi connectivity index (χ3v) is 3.10. The van der Waals surface area contributed by atoms with Crippen LogP contribution < -0.4 is 5.73 Å². The SMILES string of the molecule is CC(C)Cn1ncnc1CC(=O)C1COCC1N. The summed E-state index contributed by atoms with van der Waals surface area (Å²) in [6, 6.07) is -0.182. The van der Waals surface area contributed by atoms with E-state index in [4.69, 9.17) is 10.5 Å². The molecule has 0 aliphatic carbocycles. The van der Waals surface area contributed by atoms with Crippen LogP contribution in [-0.4, -0.2) is 39.8 Å². The number of nitrogens with zero attached hydrogens (tertiary/aromatic N) is 3. The maximum Gasteiger partial charge on any atom is 0.147 e. The molecule has 2 atom stereocenters. The topological polar surface area (TPSA) is 83.0 Å². The van der Waals surface area contributed by atoms with Gasteiger partial charge in [0.2, 0.25) is 0 Å². The number of hydrogen-bond donors (Lipinski definition) is 1. The van der Waals surface area contributed by atoms with Crippen LogP contribution in [-0.2, 0) is 22.5 Å². The molecule has 2 N–H and O–H groups in total. The molecule has 2 rings (SSSR count). The summed E-state index contributed by atoms with van der Waals surface area (Å²) < 4.78 is 7.01. The monoisotopic (exact) mass is 252 g/mol. The lowest BCUT2D eigenvalue weighted by Gasteiger charge is -2.12. The highest BCUT2D eigenvalue weighted by Gasteiger charge is 2.31. The summed E-state index contributed by atoms with van der Waals surface area (Å²) in [5.74, 6) is 1.08. The normalized spacial score (nSPS) is 23.8. The molecule has 0 amide bonds. The van der Waals surface area contributed by atoms with Crippen LogP contribution >= 0.6 is 0 Å². The van der Waals surface area contributed by atoms with Crippen molar-refractivity contribution in [3.8, 4) is 0 Å². The number of carbonyl (C=O) groups is 1. The minimum absolute atomic E-state index is 0.0954. The Morgan fingerprint density at radius 3 is 3.00 bits per heavy atom. The van der Waals surface area contributed by atoms with Gasteiger partial charge in [-0.3, -0.25) is 4.79 Å². The van der Waals surface area contributed by atoms with Crippen LogP contribution in [0.3, 0.4) is 0 Å². The zero-order valence-corrected chi connectivity index (χ0v) is 10.9. The number of rotatable bonds is 5. The highest BCUT2D eigenvalue weighted by molar-refractivity contribution is 5.83. The molecule has 18 heavy (non-hydrogen) atoms. The number of Topliss-reactive ketones (excluding diaryl/α,β-unsaturated/α-hetero) is 1. The zero-order chi connectivity index (χ0) is 13.1. The van der Waals surface area contributed by atoms with Gasteiger partial charge in [0.1, 0.15) is 17.9 Å². The molecule has 0 bridgehead atoms. The molecule has 2 heterocycles. The van der Waals surface area contributed by atoms with Gasteiger partial charge < -0.3 is 10.5 Å². The molecule has 6 heteroatoms. The van der Waals surface area contributed by atoms with Crippen molar-refractivity contribution in [2.45, 2.75) is 32.9 Å². The van der Waals surface area contributed by atoms with E-state index in [1.807, 2.05) is 0 Å². The van der Waals surface area contributed by atoms with E-state index < -0.39 is 0 Å². The first-order valence-electron chi connectivity index (χ1n) is 6.30. The maximum absolute atomic E-state index is 12.1. The van der Waals surface area contributed by atoms with Gasteiger partial charge in [0.05, 0.1) is 25.6 Å². The first kappa shape index (κ1) is 13.2. The van der Waals surface area contributed by atoms with E-state index in [1.165, 1.54) is 6.33 Å². The predicted octanol–water partition coefficient (Wildman–Crippen LogP) is 0.0194. The zero-order valence-electron chi connectivity index (χ0n) is 10.9. The first-order chi connectivity index (χ1) is 8.58. The Labute approximate surface area is 107 Å². The lowest BCUT2D eigenvalue weighted by atomic mass is 9.97. The van der Waals surface area contributed by atoms with Crippen molar-refractivity contribution in [1.82, 2.24) is 14.8 Å². The summed E-state index contributed by atoms with van der Waals surface area (Å²) in [6.07, 6.45) is 1.78. The third-order valence-electron chi connectivity index (χ3n) is 3.10. The van der Waals surface area contributed by atoms with E-state index >= 15 is 0 Å². The molecular formula is C12H20N4O2. The average Bonchev–Trinajstić information content (AvgIpc) is 2.88. The lowest BCUT2D eigenvalue weighted by Crippen LogP contribution is -2.35. The second kappa shape index (κ2) is 5.58. The number of ketones is 1. The van der Waals surface area contributed by atoms with E-state index in [2.05, 4.69) is 23.9 Å². The number of aromatic nitrogens is 3. The van der Waals surface area contributed by atoms with Gasteiger partial charge in [-0.15, -0.1) is 0 Å². The van der Waals surface area contributed by atoms with Gasteiger partial charge in [0.25, 0.3) is 0 Å². The molecule has 2 unspecified atom stereocenters. The Bertz CT molecular complexity index is 416. The second-order valence-corrected chi connectivity index (χ2v) is 5.20. The molecule has 6 nitrogen and oxygen atoms in total. The first-order valence-corrected chi connectivity index (χ1v) is 6.30.